The Bertz CT molecular complexity index is 976. The Hall–Kier alpha value is -2.24. The molecule has 0 N–H and O–H groups in total. The summed E-state index contributed by atoms with van der Waals surface area (Å²) in [6.45, 7) is 1.53. The summed E-state index contributed by atoms with van der Waals surface area (Å²) in [7, 11) is 0. The van der Waals surface area contributed by atoms with E-state index in [1.54, 1.807) is 0 Å². The SMILES string of the molecule is N#Cc1c(-c2ccc3c(c2)OCCO3)csc1OCc1ccc(I)cc1. The second kappa shape index (κ2) is 7.56. The minimum atomic E-state index is 0.437. The molecule has 0 fully saturated rings. The van der Waals surface area contributed by atoms with Gasteiger partial charge in [-0.15, -0.1) is 11.3 Å². The maximum Gasteiger partial charge on any atom is 0.192 e. The number of benzene rings is 2. The van der Waals surface area contributed by atoms with Crippen LogP contribution in [0.15, 0.2) is 47.8 Å². The van der Waals surface area contributed by atoms with E-state index in [2.05, 4.69) is 28.7 Å². The topological polar surface area (TPSA) is 51.5 Å². The first-order valence-corrected chi connectivity index (χ1v) is 9.99. The van der Waals surface area contributed by atoms with Crippen LogP contribution in [0.3, 0.4) is 0 Å². The third-order valence-corrected chi connectivity index (χ3v) is 5.61. The molecule has 1 aliphatic rings. The van der Waals surface area contributed by atoms with Crippen LogP contribution in [0, 0.1) is 14.9 Å². The fourth-order valence-corrected chi connectivity index (χ4v) is 3.94. The normalized spacial score (nSPS) is 12.5. The first kappa shape index (κ1) is 17.2. The van der Waals surface area contributed by atoms with Gasteiger partial charge in [-0.2, -0.15) is 5.26 Å². The highest BCUT2D eigenvalue weighted by Crippen LogP contribution is 2.40. The second-order valence-corrected chi connectivity index (χ2v) is 7.79. The molecular weight excluding hydrogens is 461 g/mol. The fourth-order valence-electron chi connectivity index (χ4n) is 2.71. The maximum atomic E-state index is 9.64. The van der Waals surface area contributed by atoms with E-state index in [1.165, 1.54) is 14.9 Å². The summed E-state index contributed by atoms with van der Waals surface area (Å²) in [6.07, 6.45) is 0. The van der Waals surface area contributed by atoms with E-state index in [0.717, 1.165) is 22.4 Å². The predicted molar refractivity (Wildman–Crippen MR) is 109 cm³/mol. The van der Waals surface area contributed by atoms with Gasteiger partial charge in [-0.3, -0.25) is 0 Å². The van der Waals surface area contributed by atoms with Crippen molar-refractivity contribution in [2.45, 2.75) is 6.61 Å². The lowest BCUT2D eigenvalue weighted by Gasteiger charge is -2.18. The maximum absolute atomic E-state index is 9.64. The third-order valence-electron chi connectivity index (χ3n) is 4.01. The summed E-state index contributed by atoms with van der Waals surface area (Å²) < 4.78 is 18.3. The number of ether oxygens (including phenoxy) is 3. The predicted octanol–water partition coefficient (Wildman–Crippen LogP) is 5.24. The number of hydrogen-bond donors (Lipinski definition) is 0. The molecule has 1 aromatic heterocycles. The lowest BCUT2D eigenvalue weighted by molar-refractivity contribution is 0.171. The second-order valence-electron chi connectivity index (χ2n) is 5.70. The summed E-state index contributed by atoms with van der Waals surface area (Å²) >= 11 is 3.71. The van der Waals surface area contributed by atoms with Gasteiger partial charge in [0.25, 0.3) is 0 Å². The van der Waals surface area contributed by atoms with Crippen molar-refractivity contribution in [1.82, 2.24) is 0 Å². The van der Waals surface area contributed by atoms with Gasteiger partial charge in [-0.05, 0) is 58.0 Å². The Balaban J connectivity index is 1.58. The molecule has 4 rings (SSSR count). The zero-order valence-electron chi connectivity index (χ0n) is 13.7. The van der Waals surface area contributed by atoms with Crippen molar-refractivity contribution in [2.24, 2.45) is 0 Å². The molecule has 0 radical (unpaired) electrons. The fraction of sp³-hybridized carbons (Fsp3) is 0.150. The number of nitriles is 1. The highest BCUT2D eigenvalue weighted by molar-refractivity contribution is 14.1. The quantitative estimate of drug-likeness (QED) is 0.485. The molecule has 2 heterocycles. The van der Waals surface area contributed by atoms with Gasteiger partial charge in [0.2, 0.25) is 0 Å². The minimum Gasteiger partial charge on any atom is -0.486 e. The van der Waals surface area contributed by atoms with Gasteiger partial charge < -0.3 is 14.2 Å². The van der Waals surface area contributed by atoms with Gasteiger partial charge >= 0.3 is 0 Å². The molecule has 0 bridgehead atoms. The van der Waals surface area contributed by atoms with Gasteiger partial charge in [0.05, 0.1) is 0 Å². The zero-order chi connectivity index (χ0) is 17.9. The number of rotatable bonds is 4. The van der Waals surface area contributed by atoms with E-state index in [4.69, 9.17) is 14.2 Å². The Morgan fingerprint density at radius 1 is 1.08 bits per heavy atom. The first-order chi connectivity index (χ1) is 12.7. The number of thiophene rings is 1. The van der Waals surface area contributed by atoms with E-state index >= 15 is 0 Å². The average molecular weight is 475 g/mol. The van der Waals surface area contributed by atoms with Crippen LogP contribution in [-0.4, -0.2) is 13.2 Å². The standard InChI is InChI=1S/C20H14INO3S/c21-15-4-1-13(2-5-15)11-25-20-16(10-22)17(12-26-20)14-3-6-18-19(9-14)24-8-7-23-18/h1-6,9,12H,7-8,11H2. The van der Waals surface area contributed by atoms with Crippen LogP contribution in [0.2, 0.25) is 0 Å². The summed E-state index contributed by atoms with van der Waals surface area (Å²) in [5.41, 5.74) is 3.40. The van der Waals surface area contributed by atoms with E-state index < -0.39 is 0 Å². The average Bonchev–Trinajstić information content (AvgIpc) is 3.10. The van der Waals surface area contributed by atoms with Gasteiger partial charge in [0.1, 0.15) is 31.5 Å². The summed E-state index contributed by atoms with van der Waals surface area (Å²) in [5, 5.41) is 12.2. The number of halogens is 1. The van der Waals surface area contributed by atoms with Gasteiger partial charge in [-0.1, -0.05) is 18.2 Å². The molecule has 130 valence electrons. The molecule has 4 nitrogen and oxygen atoms in total. The lowest BCUT2D eigenvalue weighted by Crippen LogP contribution is -2.15. The molecule has 6 heteroatoms. The highest BCUT2D eigenvalue weighted by Gasteiger charge is 2.18. The Morgan fingerprint density at radius 3 is 2.62 bits per heavy atom. The van der Waals surface area contributed by atoms with Crippen LogP contribution in [0.1, 0.15) is 11.1 Å². The van der Waals surface area contributed by atoms with E-state index in [-0.39, 0.29) is 0 Å². The smallest absolute Gasteiger partial charge is 0.192 e. The molecular formula is C20H14INO3S. The highest BCUT2D eigenvalue weighted by atomic mass is 127. The van der Waals surface area contributed by atoms with E-state index in [9.17, 15) is 5.26 Å². The first-order valence-electron chi connectivity index (χ1n) is 8.03. The number of hydrogen-bond acceptors (Lipinski definition) is 5. The van der Waals surface area contributed by atoms with Crippen LogP contribution in [0.5, 0.6) is 16.6 Å². The van der Waals surface area contributed by atoms with Crippen molar-refractivity contribution in [2.75, 3.05) is 13.2 Å². The van der Waals surface area contributed by atoms with Crippen LogP contribution in [0.25, 0.3) is 11.1 Å². The van der Waals surface area contributed by atoms with Gasteiger partial charge in [-0.25, -0.2) is 0 Å². The van der Waals surface area contributed by atoms with Crippen molar-refractivity contribution in [3.05, 3.63) is 62.5 Å². The monoisotopic (exact) mass is 475 g/mol. The molecule has 0 spiro atoms. The van der Waals surface area contributed by atoms with Crippen molar-refractivity contribution in [3.8, 4) is 33.8 Å². The van der Waals surface area contributed by atoms with Crippen LogP contribution in [-0.2, 0) is 6.61 Å². The number of nitrogens with zero attached hydrogens (tertiary/aromatic N) is 1. The Morgan fingerprint density at radius 2 is 1.85 bits per heavy atom. The molecule has 1 aliphatic heterocycles. The van der Waals surface area contributed by atoms with E-state index in [0.29, 0.717) is 36.2 Å². The van der Waals surface area contributed by atoms with Crippen LogP contribution < -0.4 is 14.2 Å². The lowest BCUT2D eigenvalue weighted by atomic mass is 10.0. The molecule has 26 heavy (non-hydrogen) atoms. The van der Waals surface area contributed by atoms with Gasteiger partial charge in [0.15, 0.2) is 16.6 Å². The molecule has 0 saturated heterocycles. The van der Waals surface area contributed by atoms with Crippen molar-refractivity contribution in [3.63, 3.8) is 0 Å². The molecule has 0 amide bonds. The molecule has 0 saturated carbocycles. The molecule has 0 aliphatic carbocycles. The molecule has 0 atom stereocenters. The largest absolute Gasteiger partial charge is 0.486 e. The van der Waals surface area contributed by atoms with E-state index in [1.807, 2.05) is 47.8 Å². The zero-order valence-corrected chi connectivity index (χ0v) is 16.7. The van der Waals surface area contributed by atoms with Crippen molar-refractivity contribution >= 4 is 33.9 Å². The Labute approximate surface area is 169 Å². The van der Waals surface area contributed by atoms with Crippen LogP contribution in [0.4, 0.5) is 0 Å². The molecule has 0 unspecified atom stereocenters. The third kappa shape index (κ3) is 3.50. The molecule has 2 aromatic carbocycles. The van der Waals surface area contributed by atoms with Crippen LogP contribution >= 0.6 is 33.9 Å². The summed E-state index contributed by atoms with van der Waals surface area (Å²) in [6, 6.07) is 16.2. The molecule has 3 aromatic rings. The van der Waals surface area contributed by atoms with Crippen molar-refractivity contribution < 1.29 is 14.2 Å². The Kier molecular flexibility index (Phi) is 5.00. The van der Waals surface area contributed by atoms with Crippen molar-refractivity contribution in [1.29, 1.82) is 5.26 Å². The summed E-state index contributed by atoms with van der Waals surface area (Å²) in [5.74, 6) is 1.45. The van der Waals surface area contributed by atoms with Gasteiger partial charge in [0, 0.05) is 14.5 Å². The number of fused-ring (bicyclic) bond motifs is 1. The minimum absolute atomic E-state index is 0.437. The summed E-state index contributed by atoms with van der Waals surface area (Å²) in [4.78, 5) is 0.